The molecule has 0 spiro atoms. The van der Waals surface area contributed by atoms with Gasteiger partial charge in [0.05, 0.1) is 6.61 Å². The zero-order valence-corrected chi connectivity index (χ0v) is 11.6. The van der Waals surface area contributed by atoms with Crippen molar-refractivity contribution in [1.82, 2.24) is 9.88 Å². The van der Waals surface area contributed by atoms with Crippen LogP contribution in [-0.2, 0) is 4.74 Å². The van der Waals surface area contributed by atoms with Gasteiger partial charge in [-0.3, -0.25) is 4.79 Å². The van der Waals surface area contributed by atoms with Gasteiger partial charge in [-0.1, -0.05) is 12.1 Å². The maximum Gasteiger partial charge on any atom is 0.254 e. The molecule has 1 N–H and O–H groups in total. The van der Waals surface area contributed by atoms with Crippen molar-refractivity contribution in [2.24, 2.45) is 0 Å². The summed E-state index contributed by atoms with van der Waals surface area (Å²) in [6.07, 6.45) is 4.88. The molecule has 4 heteroatoms. The lowest BCUT2D eigenvalue weighted by Crippen LogP contribution is -2.35. The number of hydrogen-bond donors (Lipinski definition) is 1. The van der Waals surface area contributed by atoms with Crippen LogP contribution in [0, 0.1) is 0 Å². The summed E-state index contributed by atoms with van der Waals surface area (Å²) in [6.45, 7) is 2.09. The van der Waals surface area contributed by atoms with Gasteiger partial charge in [-0.15, -0.1) is 0 Å². The number of rotatable bonds is 3. The van der Waals surface area contributed by atoms with Crippen molar-refractivity contribution in [2.75, 3.05) is 26.8 Å². The van der Waals surface area contributed by atoms with Crippen LogP contribution in [0.15, 0.2) is 42.1 Å². The molecule has 0 saturated carbocycles. The molecular formula is C16H18N2O2. The molecule has 3 rings (SSSR count). The standard InChI is InChI=1S/C16H18N2O2/c1-20-11-12-5-8-18(9-6-12)16(19)14-3-2-13-4-7-17-15(13)10-14/h2-5,7,10,17H,6,8-9,11H2,1H3. The van der Waals surface area contributed by atoms with Gasteiger partial charge in [-0.25, -0.2) is 0 Å². The van der Waals surface area contributed by atoms with Gasteiger partial charge in [0.1, 0.15) is 0 Å². The SMILES string of the molecule is COCC1=CCN(C(=O)c2ccc3cc[nH]c3c2)CC1. The van der Waals surface area contributed by atoms with Gasteiger partial charge in [0.25, 0.3) is 5.91 Å². The normalized spacial score (nSPS) is 15.4. The summed E-state index contributed by atoms with van der Waals surface area (Å²) < 4.78 is 5.13. The van der Waals surface area contributed by atoms with E-state index in [1.807, 2.05) is 35.4 Å². The van der Waals surface area contributed by atoms with Crippen molar-refractivity contribution in [3.63, 3.8) is 0 Å². The van der Waals surface area contributed by atoms with Crippen molar-refractivity contribution < 1.29 is 9.53 Å². The molecule has 2 heterocycles. The third-order valence-electron chi connectivity index (χ3n) is 3.72. The van der Waals surface area contributed by atoms with Gasteiger partial charge in [0.2, 0.25) is 0 Å². The Bertz CT molecular complexity index is 657. The van der Waals surface area contributed by atoms with Crippen molar-refractivity contribution in [3.8, 4) is 0 Å². The minimum Gasteiger partial charge on any atom is -0.380 e. The van der Waals surface area contributed by atoms with Crippen LogP contribution >= 0.6 is 0 Å². The lowest BCUT2D eigenvalue weighted by molar-refractivity contribution is 0.0765. The van der Waals surface area contributed by atoms with E-state index in [2.05, 4.69) is 11.1 Å². The number of carbonyl (C=O) groups is 1. The second-order valence-electron chi connectivity index (χ2n) is 5.08. The van der Waals surface area contributed by atoms with Gasteiger partial charge >= 0.3 is 0 Å². The molecule has 1 aromatic carbocycles. The number of nitrogens with zero attached hydrogens (tertiary/aromatic N) is 1. The van der Waals surface area contributed by atoms with Crippen molar-refractivity contribution in [3.05, 3.63) is 47.7 Å². The molecule has 0 aliphatic carbocycles. The van der Waals surface area contributed by atoms with E-state index in [0.717, 1.165) is 29.4 Å². The first-order chi connectivity index (χ1) is 9.78. The number of aromatic amines is 1. The molecule has 0 atom stereocenters. The van der Waals surface area contributed by atoms with Crippen LogP contribution in [0.4, 0.5) is 0 Å². The Morgan fingerprint density at radius 1 is 1.40 bits per heavy atom. The number of fused-ring (bicyclic) bond motifs is 1. The van der Waals surface area contributed by atoms with Crippen LogP contribution in [0.25, 0.3) is 10.9 Å². The van der Waals surface area contributed by atoms with Crippen molar-refractivity contribution in [1.29, 1.82) is 0 Å². The lowest BCUT2D eigenvalue weighted by atomic mass is 10.1. The Labute approximate surface area is 118 Å². The molecule has 2 aromatic rings. The maximum absolute atomic E-state index is 12.5. The number of aromatic nitrogens is 1. The van der Waals surface area contributed by atoms with E-state index < -0.39 is 0 Å². The average molecular weight is 270 g/mol. The second-order valence-corrected chi connectivity index (χ2v) is 5.08. The monoisotopic (exact) mass is 270 g/mol. The van der Waals surface area contributed by atoms with Crippen LogP contribution in [0.2, 0.25) is 0 Å². The Morgan fingerprint density at radius 3 is 3.05 bits per heavy atom. The quantitative estimate of drug-likeness (QED) is 0.871. The highest BCUT2D eigenvalue weighted by Gasteiger charge is 2.18. The molecule has 0 saturated heterocycles. The van der Waals surface area contributed by atoms with E-state index in [-0.39, 0.29) is 5.91 Å². The zero-order chi connectivity index (χ0) is 13.9. The minimum absolute atomic E-state index is 0.0919. The highest BCUT2D eigenvalue weighted by atomic mass is 16.5. The van der Waals surface area contributed by atoms with E-state index in [9.17, 15) is 4.79 Å². The van der Waals surface area contributed by atoms with Crippen LogP contribution in [0.5, 0.6) is 0 Å². The van der Waals surface area contributed by atoms with Crippen molar-refractivity contribution in [2.45, 2.75) is 6.42 Å². The fourth-order valence-corrected chi connectivity index (χ4v) is 2.58. The summed E-state index contributed by atoms with van der Waals surface area (Å²) in [5.41, 5.74) is 3.02. The molecule has 0 bridgehead atoms. The number of amides is 1. The van der Waals surface area contributed by atoms with Crippen LogP contribution in [0.3, 0.4) is 0 Å². The summed E-state index contributed by atoms with van der Waals surface area (Å²) in [6, 6.07) is 7.80. The highest BCUT2D eigenvalue weighted by molar-refractivity contribution is 5.98. The number of ether oxygens (including phenoxy) is 1. The Balaban J connectivity index is 1.76. The predicted molar refractivity (Wildman–Crippen MR) is 78.8 cm³/mol. The topological polar surface area (TPSA) is 45.3 Å². The van der Waals surface area contributed by atoms with E-state index in [1.165, 1.54) is 5.57 Å². The maximum atomic E-state index is 12.5. The van der Waals surface area contributed by atoms with Gasteiger partial charge in [0.15, 0.2) is 0 Å². The lowest BCUT2D eigenvalue weighted by Gasteiger charge is -2.26. The summed E-state index contributed by atoms with van der Waals surface area (Å²) in [5, 5.41) is 1.13. The molecule has 1 amide bonds. The third kappa shape index (κ3) is 2.47. The van der Waals surface area contributed by atoms with Gasteiger partial charge in [-0.2, -0.15) is 0 Å². The number of carbonyl (C=O) groups excluding carboxylic acids is 1. The molecule has 20 heavy (non-hydrogen) atoms. The molecule has 1 aliphatic rings. The summed E-state index contributed by atoms with van der Waals surface area (Å²) in [5.74, 6) is 0.0919. The van der Waals surface area contributed by atoms with Crippen LogP contribution in [0.1, 0.15) is 16.8 Å². The molecule has 1 aromatic heterocycles. The van der Waals surface area contributed by atoms with Gasteiger partial charge in [-0.05, 0) is 35.6 Å². The predicted octanol–water partition coefficient (Wildman–Crippen LogP) is 2.59. The summed E-state index contributed by atoms with van der Waals surface area (Å²) in [7, 11) is 1.70. The zero-order valence-electron chi connectivity index (χ0n) is 11.6. The molecule has 0 radical (unpaired) electrons. The third-order valence-corrected chi connectivity index (χ3v) is 3.72. The Hall–Kier alpha value is -2.07. The fourth-order valence-electron chi connectivity index (χ4n) is 2.58. The molecule has 0 fully saturated rings. The minimum atomic E-state index is 0.0919. The highest BCUT2D eigenvalue weighted by Crippen LogP contribution is 2.18. The molecule has 4 nitrogen and oxygen atoms in total. The number of nitrogens with one attached hydrogen (secondary N) is 1. The summed E-state index contributed by atoms with van der Waals surface area (Å²) >= 11 is 0. The smallest absolute Gasteiger partial charge is 0.254 e. The molecular weight excluding hydrogens is 252 g/mol. The average Bonchev–Trinajstić information content (AvgIpc) is 2.95. The second kappa shape index (κ2) is 5.51. The Kier molecular flexibility index (Phi) is 3.56. The first-order valence-electron chi connectivity index (χ1n) is 6.81. The van der Waals surface area contributed by atoms with Crippen LogP contribution in [-0.4, -0.2) is 42.6 Å². The van der Waals surface area contributed by atoms with E-state index in [4.69, 9.17) is 4.74 Å². The number of benzene rings is 1. The molecule has 0 unspecified atom stereocenters. The van der Waals surface area contributed by atoms with Gasteiger partial charge in [0, 0.05) is 37.5 Å². The van der Waals surface area contributed by atoms with E-state index in [1.54, 1.807) is 7.11 Å². The van der Waals surface area contributed by atoms with Crippen molar-refractivity contribution >= 4 is 16.8 Å². The number of methoxy groups -OCH3 is 1. The first kappa shape index (κ1) is 12.9. The summed E-state index contributed by atoms with van der Waals surface area (Å²) in [4.78, 5) is 17.5. The number of H-pyrrole nitrogens is 1. The van der Waals surface area contributed by atoms with E-state index in [0.29, 0.717) is 13.2 Å². The first-order valence-corrected chi connectivity index (χ1v) is 6.81. The molecule has 104 valence electrons. The molecule has 1 aliphatic heterocycles. The fraction of sp³-hybridized carbons (Fsp3) is 0.312. The Morgan fingerprint density at radius 2 is 2.30 bits per heavy atom. The van der Waals surface area contributed by atoms with Gasteiger partial charge < -0.3 is 14.6 Å². The van der Waals surface area contributed by atoms with Crippen LogP contribution < -0.4 is 0 Å². The largest absolute Gasteiger partial charge is 0.380 e. The number of hydrogen-bond acceptors (Lipinski definition) is 2. The van der Waals surface area contributed by atoms with E-state index >= 15 is 0 Å².